The molecule has 2 aromatic rings. The topological polar surface area (TPSA) is 88.2 Å². The first-order valence-electron chi connectivity index (χ1n) is 9.36. The fourth-order valence-electron chi connectivity index (χ4n) is 3.24. The Morgan fingerprint density at radius 3 is 2.66 bits per heavy atom. The SMILES string of the molecule is C/C=C/CNc1cc(Cl)nc2c(Br)c([C@@H]3[C@@H](N)CCCC3(F)F)sc12.O=C(O)C(F)(F)F. The number of rotatable bonds is 4. The Bertz CT molecular complexity index is 999. The number of halogens is 7. The number of anilines is 1. The van der Waals surface area contributed by atoms with E-state index >= 15 is 0 Å². The summed E-state index contributed by atoms with van der Waals surface area (Å²) in [6, 6.07) is 1.15. The van der Waals surface area contributed by atoms with Gasteiger partial charge < -0.3 is 16.2 Å². The summed E-state index contributed by atoms with van der Waals surface area (Å²) in [5, 5.41) is 10.7. The molecule has 1 fully saturated rings. The molecule has 2 atom stereocenters. The number of carboxylic acid groups (broad SMARTS) is 1. The summed E-state index contributed by atoms with van der Waals surface area (Å²) in [7, 11) is 0. The summed E-state index contributed by atoms with van der Waals surface area (Å²) in [6.07, 6.45) is -0.263. The summed E-state index contributed by atoms with van der Waals surface area (Å²) < 4.78 is 62.3. The van der Waals surface area contributed by atoms with Crippen molar-refractivity contribution in [2.24, 2.45) is 5.73 Å². The molecule has 0 aromatic carbocycles. The van der Waals surface area contributed by atoms with E-state index in [1.165, 1.54) is 11.3 Å². The fraction of sp³-hybridized carbons (Fsp3) is 0.474. The Balaban J connectivity index is 0.000000451. The number of alkyl halides is 5. The fourth-order valence-corrected chi connectivity index (χ4v) is 5.71. The number of fused-ring (bicyclic) bond motifs is 1. The molecule has 0 unspecified atom stereocenters. The van der Waals surface area contributed by atoms with Crippen molar-refractivity contribution in [2.75, 3.05) is 11.9 Å². The Morgan fingerprint density at radius 1 is 1.50 bits per heavy atom. The van der Waals surface area contributed by atoms with Crippen LogP contribution in [0.1, 0.15) is 37.0 Å². The van der Waals surface area contributed by atoms with Gasteiger partial charge in [-0.1, -0.05) is 23.8 Å². The molecular formula is C19H20BrClF5N3O2S. The summed E-state index contributed by atoms with van der Waals surface area (Å²) in [5.74, 6) is -6.58. The monoisotopic (exact) mass is 563 g/mol. The van der Waals surface area contributed by atoms with Gasteiger partial charge in [0, 0.05) is 30.0 Å². The Morgan fingerprint density at radius 2 is 2.12 bits per heavy atom. The lowest BCUT2D eigenvalue weighted by Crippen LogP contribution is -2.43. The van der Waals surface area contributed by atoms with Gasteiger partial charge in [0.25, 0.3) is 5.92 Å². The number of hydrogen-bond donors (Lipinski definition) is 3. The quantitative estimate of drug-likeness (QED) is 0.222. The van der Waals surface area contributed by atoms with Gasteiger partial charge in [-0.25, -0.2) is 18.6 Å². The van der Waals surface area contributed by atoms with Crippen LogP contribution in [0.15, 0.2) is 22.7 Å². The number of hydrogen-bond acceptors (Lipinski definition) is 5. The van der Waals surface area contributed by atoms with Crippen LogP contribution in [0.4, 0.5) is 27.6 Å². The van der Waals surface area contributed by atoms with Crippen LogP contribution in [0.25, 0.3) is 10.2 Å². The van der Waals surface area contributed by atoms with Crippen molar-refractivity contribution >= 4 is 60.7 Å². The number of carboxylic acids is 1. The number of aliphatic carboxylic acids is 1. The van der Waals surface area contributed by atoms with Gasteiger partial charge >= 0.3 is 12.1 Å². The Labute approximate surface area is 198 Å². The van der Waals surface area contributed by atoms with Crippen LogP contribution >= 0.6 is 38.9 Å². The van der Waals surface area contributed by atoms with Gasteiger partial charge in [-0.3, -0.25) is 0 Å². The lowest BCUT2D eigenvalue weighted by molar-refractivity contribution is -0.192. The zero-order chi connectivity index (χ0) is 24.3. The first-order valence-corrected chi connectivity index (χ1v) is 11.3. The molecule has 0 spiro atoms. The summed E-state index contributed by atoms with van der Waals surface area (Å²) in [6.45, 7) is 2.55. The molecule has 2 heterocycles. The van der Waals surface area contributed by atoms with E-state index in [1.54, 1.807) is 6.07 Å². The number of nitrogens with one attached hydrogen (secondary N) is 1. The normalized spacial score (nSPS) is 20.8. The zero-order valence-corrected chi connectivity index (χ0v) is 19.8. The molecule has 0 saturated heterocycles. The zero-order valence-electron chi connectivity index (χ0n) is 16.6. The van der Waals surface area contributed by atoms with Crippen LogP contribution in [0.2, 0.25) is 5.15 Å². The van der Waals surface area contributed by atoms with E-state index in [1.807, 2.05) is 19.1 Å². The molecule has 0 aliphatic heterocycles. The number of carbonyl (C=O) groups is 1. The summed E-state index contributed by atoms with van der Waals surface area (Å²) in [5.41, 5.74) is 7.47. The van der Waals surface area contributed by atoms with Crippen molar-refractivity contribution in [3.05, 3.63) is 32.7 Å². The third kappa shape index (κ3) is 6.30. The predicted molar refractivity (Wildman–Crippen MR) is 119 cm³/mol. The molecule has 32 heavy (non-hydrogen) atoms. The lowest BCUT2D eigenvalue weighted by atomic mass is 9.81. The molecule has 4 N–H and O–H groups in total. The highest BCUT2D eigenvalue weighted by molar-refractivity contribution is 9.10. The van der Waals surface area contributed by atoms with Crippen molar-refractivity contribution in [1.82, 2.24) is 4.98 Å². The van der Waals surface area contributed by atoms with Crippen LogP contribution in [-0.2, 0) is 4.79 Å². The number of aromatic nitrogens is 1. The number of nitrogens with zero attached hydrogens (tertiary/aromatic N) is 1. The van der Waals surface area contributed by atoms with Crippen LogP contribution in [0.5, 0.6) is 0 Å². The maximum absolute atomic E-state index is 14.6. The van der Waals surface area contributed by atoms with Crippen LogP contribution in [-0.4, -0.2) is 40.7 Å². The molecule has 178 valence electrons. The number of nitrogens with two attached hydrogens (primary N) is 1. The van der Waals surface area contributed by atoms with Crippen molar-refractivity contribution in [1.29, 1.82) is 0 Å². The van der Waals surface area contributed by atoms with Crippen molar-refractivity contribution in [2.45, 2.75) is 50.2 Å². The smallest absolute Gasteiger partial charge is 0.475 e. The molecule has 2 aromatic heterocycles. The van der Waals surface area contributed by atoms with Crippen LogP contribution in [0.3, 0.4) is 0 Å². The van der Waals surface area contributed by atoms with E-state index in [9.17, 15) is 22.0 Å². The van der Waals surface area contributed by atoms with Crippen molar-refractivity contribution < 1.29 is 31.9 Å². The van der Waals surface area contributed by atoms with Gasteiger partial charge in [0.15, 0.2) is 0 Å². The second-order valence-corrected chi connectivity index (χ2v) is 9.23. The van der Waals surface area contributed by atoms with Gasteiger partial charge in [0.05, 0.1) is 26.3 Å². The third-order valence-corrected chi connectivity index (χ3v) is 7.23. The van der Waals surface area contributed by atoms with Gasteiger partial charge in [-0.15, -0.1) is 11.3 Å². The maximum atomic E-state index is 14.6. The van der Waals surface area contributed by atoms with E-state index in [0.717, 1.165) is 10.4 Å². The maximum Gasteiger partial charge on any atom is 0.490 e. The number of thiophene rings is 1. The summed E-state index contributed by atoms with van der Waals surface area (Å²) in [4.78, 5) is 13.8. The third-order valence-electron chi connectivity index (χ3n) is 4.68. The molecule has 5 nitrogen and oxygen atoms in total. The molecule has 1 saturated carbocycles. The standard InChI is InChI=1S/C17H19BrClF2N3S.C2HF3O2/c1-2-3-7-23-10-8-11(19)24-14-13(18)16(25-15(10)14)12-9(22)5-4-6-17(12,20)21;3-2(4,5)1(6)7/h2-3,8-9,12H,4-7,22H2,1H3,(H,23,24);(H,6,7)/b3-2+;/t9-,12-;/m0./s1. The molecule has 0 amide bonds. The number of allylic oxidation sites excluding steroid dienone is 1. The molecule has 3 rings (SSSR count). The van der Waals surface area contributed by atoms with E-state index in [0.29, 0.717) is 39.4 Å². The second-order valence-electron chi connectivity index (χ2n) is 7.00. The van der Waals surface area contributed by atoms with Gasteiger partial charge in [-0.2, -0.15) is 13.2 Å². The molecular weight excluding hydrogens is 545 g/mol. The van der Waals surface area contributed by atoms with Gasteiger partial charge in [-0.05, 0) is 35.7 Å². The molecule has 13 heteroatoms. The minimum absolute atomic E-state index is 0.132. The molecule has 0 radical (unpaired) electrons. The van der Waals surface area contributed by atoms with Crippen molar-refractivity contribution in [3.8, 4) is 0 Å². The van der Waals surface area contributed by atoms with E-state index in [4.69, 9.17) is 27.2 Å². The first-order chi connectivity index (χ1) is 14.8. The highest BCUT2D eigenvalue weighted by Crippen LogP contribution is 2.51. The highest BCUT2D eigenvalue weighted by atomic mass is 79.9. The van der Waals surface area contributed by atoms with E-state index in [2.05, 4.69) is 26.2 Å². The van der Waals surface area contributed by atoms with E-state index in [-0.39, 0.29) is 6.42 Å². The number of pyridine rings is 1. The molecule has 1 aliphatic rings. The first kappa shape index (κ1) is 26.7. The van der Waals surface area contributed by atoms with Gasteiger partial charge in [0.1, 0.15) is 5.15 Å². The lowest BCUT2D eigenvalue weighted by Gasteiger charge is -2.35. The van der Waals surface area contributed by atoms with Gasteiger partial charge in [0.2, 0.25) is 0 Å². The Hall–Kier alpha value is -1.50. The molecule has 1 aliphatic carbocycles. The average molecular weight is 565 g/mol. The Kier molecular flexibility index (Phi) is 8.88. The second kappa shape index (κ2) is 10.6. The predicted octanol–water partition coefficient (Wildman–Crippen LogP) is 6.56. The van der Waals surface area contributed by atoms with Crippen LogP contribution < -0.4 is 11.1 Å². The largest absolute Gasteiger partial charge is 0.490 e. The summed E-state index contributed by atoms with van der Waals surface area (Å²) >= 11 is 10.9. The highest BCUT2D eigenvalue weighted by Gasteiger charge is 2.48. The van der Waals surface area contributed by atoms with Crippen LogP contribution in [0, 0.1) is 0 Å². The average Bonchev–Trinajstić information content (AvgIpc) is 2.97. The minimum atomic E-state index is -5.08. The molecule has 0 bridgehead atoms. The van der Waals surface area contributed by atoms with E-state index < -0.39 is 30.0 Å². The van der Waals surface area contributed by atoms with Crippen molar-refractivity contribution in [3.63, 3.8) is 0 Å². The minimum Gasteiger partial charge on any atom is -0.475 e.